The summed E-state index contributed by atoms with van der Waals surface area (Å²) < 4.78 is 38.3. The molecule has 0 amide bonds. The Balaban J connectivity index is 1.89. The van der Waals surface area contributed by atoms with Gasteiger partial charge in [0.25, 0.3) is 0 Å². The lowest BCUT2D eigenvalue weighted by Gasteiger charge is -2.16. The molecule has 0 saturated carbocycles. The first-order valence-corrected chi connectivity index (χ1v) is 16.1. The lowest BCUT2D eigenvalue weighted by molar-refractivity contribution is 0.232. The third-order valence-corrected chi connectivity index (χ3v) is 9.11. The van der Waals surface area contributed by atoms with Gasteiger partial charge in [-0.1, -0.05) is 91.9 Å². The van der Waals surface area contributed by atoms with Gasteiger partial charge < -0.3 is 9.47 Å². The Morgan fingerprint density at radius 1 is 0.568 bits per heavy atom. The van der Waals surface area contributed by atoms with Crippen LogP contribution in [0.15, 0.2) is 58.3 Å². The minimum atomic E-state index is -3.59. The van der Waals surface area contributed by atoms with Crippen LogP contribution in [0.1, 0.15) is 105 Å². The van der Waals surface area contributed by atoms with E-state index < -0.39 is 9.84 Å². The predicted octanol–water partition coefficient (Wildman–Crippen LogP) is 9.27. The van der Waals surface area contributed by atoms with E-state index in [1.165, 1.54) is 64.2 Å². The fraction of sp³-hybridized carbons (Fsp3) is 0.625. The number of unbranched alkanes of at least 4 members (excludes halogenated alkanes) is 6. The molecule has 0 aliphatic carbocycles. The number of benzene rings is 2. The van der Waals surface area contributed by atoms with Crippen LogP contribution >= 0.6 is 0 Å². The summed E-state index contributed by atoms with van der Waals surface area (Å²) in [6, 6.07) is 13.6. The molecule has 37 heavy (non-hydrogen) atoms. The van der Waals surface area contributed by atoms with Crippen molar-refractivity contribution in [2.24, 2.45) is 11.8 Å². The van der Waals surface area contributed by atoms with Crippen LogP contribution in [-0.2, 0) is 9.84 Å². The molecular formula is C32H50O4S. The Bertz CT molecular complexity index is 878. The van der Waals surface area contributed by atoms with Gasteiger partial charge in [0, 0.05) is 0 Å². The monoisotopic (exact) mass is 530 g/mol. The third kappa shape index (κ3) is 11.1. The highest BCUT2D eigenvalue weighted by Crippen LogP contribution is 2.26. The van der Waals surface area contributed by atoms with Crippen LogP contribution < -0.4 is 9.47 Å². The van der Waals surface area contributed by atoms with E-state index in [-0.39, 0.29) is 9.79 Å². The van der Waals surface area contributed by atoms with Gasteiger partial charge in [-0.25, -0.2) is 8.42 Å². The first kappa shape index (κ1) is 31.2. The standard InChI is InChI=1S/C32H50O4S/c1-5-9-11-13-15-27(7-3)25-35-29-17-21-31(22-18-29)37(33,34)32-23-19-30(20-24-32)36-26-28(8-4)16-14-12-10-6-2/h17-24,27-28H,5-16,25-26H2,1-4H3. The minimum absolute atomic E-state index is 0.276. The number of hydrogen-bond donors (Lipinski definition) is 0. The molecule has 0 saturated heterocycles. The summed E-state index contributed by atoms with van der Waals surface area (Å²) in [5.74, 6) is 2.51. The zero-order valence-electron chi connectivity index (χ0n) is 23.7. The van der Waals surface area contributed by atoms with Gasteiger partial charge in [-0.3, -0.25) is 0 Å². The maximum Gasteiger partial charge on any atom is 0.206 e. The molecule has 2 aromatic rings. The van der Waals surface area contributed by atoms with Gasteiger partial charge in [0.05, 0.1) is 23.0 Å². The molecule has 0 bridgehead atoms. The average Bonchev–Trinajstić information content (AvgIpc) is 2.93. The van der Waals surface area contributed by atoms with Gasteiger partial charge in [0.2, 0.25) is 9.84 Å². The van der Waals surface area contributed by atoms with Crippen molar-refractivity contribution >= 4 is 9.84 Å². The van der Waals surface area contributed by atoms with Crippen molar-refractivity contribution in [3.63, 3.8) is 0 Å². The molecule has 0 aliphatic rings. The Kier molecular flexibility index (Phi) is 14.8. The van der Waals surface area contributed by atoms with E-state index in [1.807, 2.05) is 0 Å². The van der Waals surface area contributed by atoms with Crippen molar-refractivity contribution < 1.29 is 17.9 Å². The van der Waals surface area contributed by atoms with Crippen molar-refractivity contribution in [2.75, 3.05) is 13.2 Å². The van der Waals surface area contributed by atoms with Crippen LogP contribution in [0.25, 0.3) is 0 Å². The van der Waals surface area contributed by atoms with Crippen LogP contribution in [0.3, 0.4) is 0 Å². The fourth-order valence-electron chi connectivity index (χ4n) is 4.52. The molecule has 5 heteroatoms. The van der Waals surface area contributed by atoms with Gasteiger partial charge in [-0.05, 0) is 73.2 Å². The molecular weight excluding hydrogens is 480 g/mol. The smallest absolute Gasteiger partial charge is 0.206 e. The summed E-state index contributed by atoms with van der Waals surface area (Å²) >= 11 is 0. The fourth-order valence-corrected chi connectivity index (χ4v) is 5.79. The van der Waals surface area contributed by atoms with Crippen LogP contribution in [0.2, 0.25) is 0 Å². The Morgan fingerprint density at radius 3 is 1.27 bits per heavy atom. The van der Waals surface area contributed by atoms with E-state index in [2.05, 4.69) is 27.7 Å². The van der Waals surface area contributed by atoms with E-state index in [1.54, 1.807) is 48.5 Å². The normalized spacial score (nSPS) is 13.3. The van der Waals surface area contributed by atoms with Crippen molar-refractivity contribution in [1.82, 2.24) is 0 Å². The van der Waals surface area contributed by atoms with Gasteiger partial charge in [0.15, 0.2) is 0 Å². The molecule has 2 aromatic carbocycles. The van der Waals surface area contributed by atoms with Crippen LogP contribution in [0, 0.1) is 11.8 Å². The first-order chi connectivity index (χ1) is 17.9. The van der Waals surface area contributed by atoms with E-state index >= 15 is 0 Å². The molecule has 2 unspecified atom stereocenters. The second kappa shape index (κ2) is 17.5. The average molecular weight is 531 g/mol. The molecule has 0 heterocycles. The van der Waals surface area contributed by atoms with Gasteiger partial charge in [0.1, 0.15) is 11.5 Å². The summed E-state index contributed by atoms with van der Waals surface area (Å²) in [7, 11) is -3.59. The molecule has 0 spiro atoms. The number of sulfone groups is 1. The molecule has 0 aliphatic heterocycles. The largest absolute Gasteiger partial charge is 0.493 e. The molecule has 0 radical (unpaired) electrons. The molecule has 2 atom stereocenters. The highest BCUT2D eigenvalue weighted by atomic mass is 32.2. The molecule has 0 fully saturated rings. The summed E-state index contributed by atoms with van der Waals surface area (Å²) in [5.41, 5.74) is 0. The van der Waals surface area contributed by atoms with Gasteiger partial charge >= 0.3 is 0 Å². The molecule has 0 N–H and O–H groups in total. The van der Waals surface area contributed by atoms with Gasteiger partial charge in [-0.15, -0.1) is 0 Å². The van der Waals surface area contributed by atoms with Crippen molar-refractivity contribution in [2.45, 2.75) is 115 Å². The Labute approximate surface area is 227 Å². The second-order valence-corrected chi connectivity index (χ2v) is 12.3. The van der Waals surface area contributed by atoms with Crippen molar-refractivity contribution in [1.29, 1.82) is 0 Å². The summed E-state index contributed by atoms with van der Waals surface area (Å²) in [6.07, 6.45) is 14.7. The molecule has 4 nitrogen and oxygen atoms in total. The molecule has 208 valence electrons. The Morgan fingerprint density at radius 2 is 0.946 bits per heavy atom. The second-order valence-electron chi connectivity index (χ2n) is 10.3. The van der Waals surface area contributed by atoms with E-state index in [4.69, 9.17) is 9.47 Å². The lowest BCUT2D eigenvalue weighted by Crippen LogP contribution is -2.11. The highest BCUT2D eigenvalue weighted by Gasteiger charge is 2.18. The Hall–Kier alpha value is -2.01. The van der Waals surface area contributed by atoms with Crippen molar-refractivity contribution in [3.05, 3.63) is 48.5 Å². The number of hydrogen-bond acceptors (Lipinski definition) is 4. The predicted molar refractivity (Wildman–Crippen MR) is 154 cm³/mol. The summed E-state index contributed by atoms with van der Waals surface area (Å²) in [6.45, 7) is 10.2. The minimum Gasteiger partial charge on any atom is -0.493 e. The van der Waals surface area contributed by atoms with Crippen LogP contribution in [0.5, 0.6) is 11.5 Å². The van der Waals surface area contributed by atoms with Crippen LogP contribution in [-0.4, -0.2) is 21.6 Å². The first-order valence-electron chi connectivity index (χ1n) is 14.6. The lowest BCUT2D eigenvalue weighted by atomic mass is 9.99. The van der Waals surface area contributed by atoms with Crippen molar-refractivity contribution in [3.8, 4) is 11.5 Å². The number of rotatable bonds is 20. The summed E-state index contributed by atoms with van der Waals surface area (Å²) in [4.78, 5) is 0.552. The molecule has 2 rings (SSSR count). The molecule has 0 aromatic heterocycles. The zero-order valence-corrected chi connectivity index (χ0v) is 24.5. The summed E-state index contributed by atoms with van der Waals surface area (Å²) in [5, 5.41) is 0. The van der Waals surface area contributed by atoms with E-state index in [9.17, 15) is 8.42 Å². The third-order valence-electron chi connectivity index (χ3n) is 7.33. The number of ether oxygens (including phenoxy) is 2. The zero-order chi connectivity index (χ0) is 26.9. The van der Waals surface area contributed by atoms with Gasteiger partial charge in [-0.2, -0.15) is 0 Å². The van der Waals surface area contributed by atoms with Crippen LogP contribution in [0.4, 0.5) is 0 Å². The van der Waals surface area contributed by atoms with E-state index in [0.717, 1.165) is 24.3 Å². The van der Waals surface area contributed by atoms with E-state index in [0.29, 0.717) is 25.0 Å². The highest BCUT2D eigenvalue weighted by molar-refractivity contribution is 7.91. The maximum atomic E-state index is 13.1. The maximum absolute atomic E-state index is 13.1. The SMILES string of the molecule is CCCCCCC(CC)COc1ccc(S(=O)(=O)c2ccc(OCC(CC)CCCCCC)cc2)cc1. The topological polar surface area (TPSA) is 52.6 Å². The quantitative estimate of drug-likeness (QED) is 0.160.